The standard InChI is InChI=1S/C14H28N2O/c1-14(2,3)15-10-12-4-7-16(8-5-12)13-6-9-17-11-13/h12-13,15H,4-11H2,1-3H3. The van der Waals surface area contributed by atoms with Crippen LogP contribution in [0.4, 0.5) is 0 Å². The van der Waals surface area contributed by atoms with Gasteiger partial charge >= 0.3 is 0 Å². The van der Waals surface area contributed by atoms with Crippen LogP contribution in [0.2, 0.25) is 0 Å². The first-order valence-electron chi connectivity index (χ1n) is 7.11. The van der Waals surface area contributed by atoms with E-state index in [1.807, 2.05) is 0 Å². The van der Waals surface area contributed by atoms with Gasteiger partial charge in [-0.2, -0.15) is 0 Å². The lowest BCUT2D eigenvalue weighted by atomic mass is 9.94. The molecule has 0 aromatic carbocycles. The van der Waals surface area contributed by atoms with Crippen LogP contribution in [-0.4, -0.2) is 49.3 Å². The number of hydrogen-bond acceptors (Lipinski definition) is 3. The molecule has 2 rings (SSSR count). The van der Waals surface area contributed by atoms with Gasteiger partial charge in [0.25, 0.3) is 0 Å². The lowest BCUT2D eigenvalue weighted by molar-refractivity contribution is 0.108. The lowest BCUT2D eigenvalue weighted by Gasteiger charge is -2.36. The number of nitrogens with one attached hydrogen (secondary N) is 1. The summed E-state index contributed by atoms with van der Waals surface area (Å²) in [6.45, 7) is 12.4. The Morgan fingerprint density at radius 1 is 1.18 bits per heavy atom. The van der Waals surface area contributed by atoms with E-state index < -0.39 is 0 Å². The van der Waals surface area contributed by atoms with Crippen LogP contribution in [0.1, 0.15) is 40.0 Å². The molecule has 0 aliphatic carbocycles. The summed E-state index contributed by atoms with van der Waals surface area (Å²) in [7, 11) is 0. The fourth-order valence-corrected chi connectivity index (χ4v) is 2.78. The Labute approximate surface area is 106 Å². The van der Waals surface area contributed by atoms with Gasteiger partial charge in [-0.1, -0.05) is 0 Å². The summed E-state index contributed by atoms with van der Waals surface area (Å²) in [6, 6.07) is 0.714. The second-order valence-electron chi connectivity index (χ2n) is 6.63. The van der Waals surface area contributed by atoms with Crippen molar-refractivity contribution in [2.45, 2.75) is 51.6 Å². The summed E-state index contributed by atoms with van der Waals surface area (Å²) < 4.78 is 5.48. The SMILES string of the molecule is CC(C)(C)NCC1CCN(C2CCOC2)CC1. The van der Waals surface area contributed by atoms with E-state index in [1.165, 1.54) is 38.9 Å². The first-order valence-corrected chi connectivity index (χ1v) is 7.11. The molecule has 0 saturated carbocycles. The molecule has 0 aromatic rings. The van der Waals surface area contributed by atoms with Gasteiger partial charge in [0.1, 0.15) is 0 Å². The van der Waals surface area contributed by atoms with E-state index >= 15 is 0 Å². The second kappa shape index (κ2) is 5.68. The molecule has 2 saturated heterocycles. The van der Waals surface area contributed by atoms with Gasteiger partial charge in [0, 0.05) is 18.2 Å². The van der Waals surface area contributed by atoms with Gasteiger partial charge in [-0.3, -0.25) is 4.90 Å². The van der Waals surface area contributed by atoms with Crippen LogP contribution in [0.5, 0.6) is 0 Å². The van der Waals surface area contributed by atoms with Crippen molar-refractivity contribution in [1.29, 1.82) is 0 Å². The van der Waals surface area contributed by atoms with Gasteiger partial charge in [-0.25, -0.2) is 0 Å². The van der Waals surface area contributed by atoms with E-state index in [0.29, 0.717) is 6.04 Å². The number of rotatable bonds is 3. The molecule has 2 aliphatic rings. The minimum atomic E-state index is 0.260. The highest BCUT2D eigenvalue weighted by atomic mass is 16.5. The molecular formula is C14H28N2O. The lowest BCUT2D eigenvalue weighted by Crippen LogP contribution is -2.45. The number of piperidine rings is 1. The molecule has 3 nitrogen and oxygen atoms in total. The molecule has 1 atom stereocenters. The Morgan fingerprint density at radius 3 is 2.41 bits per heavy atom. The van der Waals surface area contributed by atoms with Crippen LogP contribution >= 0.6 is 0 Å². The summed E-state index contributed by atoms with van der Waals surface area (Å²) >= 11 is 0. The summed E-state index contributed by atoms with van der Waals surface area (Å²) in [5.74, 6) is 0.868. The Morgan fingerprint density at radius 2 is 1.88 bits per heavy atom. The van der Waals surface area contributed by atoms with Crippen LogP contribution in [-0.2, 0) is 4.74 Å². The van der Waals surface area contributed by atoms with Crippen LogP contribution in [0.15, 0.2) is 0 Å². The van der Waals surface area contributed by atoms with Gasteiger partial charge in [-0.05, 0) is 65.6 Å². The number of ether oxygens (including phenoxy) is 1. The first kappa shape index (κ1) is 13.3. The van der Waals surface area contributed by atoms with Crippen LogP contribution in [0.25, 0.3) is 0 Å². The highest BCUT2D eigenvalue weighted by molar-refractivity contribution is 4.82. The molecule has 0 aromatic heterocycles. The molecule has 0 radical (unpaired) electrons. The molecule has 17 heavy (non-hydrogen) atoms. The van der Waals surface area contributed by atoms with Gasteiger partial charge < -0.3 is 10.1 Å². The maximum atomic E-state index is 5.48. The summed E-state index contributed by atoms with van der Waals surface area (Å²) in [6.07, 6.45) is 3.93. The predicted molar refractivity (Wildman–Crippen MR) is 71.3 cm³/mol. The van der Waals surface area contributed by atoms with E-state index in [1.54, 1.807) is 0 Å². The third-order valence-corrected chi connectivity index (χ3v) is 3.99. The quantitative estimate of drug-likeness (QED) is 0.815. The summed E-state index contributed by atoms with van der Waals surface area (Å²) in [5.41, 5.74) is 0.260. The Kier molecular flexibility index (Phi) is 4.45. The molecule has 2 heterocycles. The summed E-state index contributed by atoms with van der Waals surface area (Å²) in [4.78, 5) is 2.64. The molecule has 2 aliphatic heterocycles. The Hall–Kier alpha value is -0.120. The molecule has 0 bridgehead atoms. The largest absolute Gasteiger partial charge is 0.380 e. The van der Waals surface area contributed by atoms with Gasteiger partial charge in [0.15, 0.2) is 0 Å². The van der Waals surface area contributed by atoms with Crippen molar-refractivity contribution in [3.8, 4) is 0 Å². The highest BCUT2D eigenvalue weighted by Gasteiger charge is 2.27. The van der Waals surface area contributed by atoms with E-state index in [4.69, 9.17) is 4.74 Å². The topological polar surface area (TPSA) is 24.5 Å². The molecule has 3 heteroatoms. The second-order valence-corrected chi connectivity index (χ2v) is 6.63. The summed E-state index contributed by atoms with van der Waals surface area (Å²) in [5, 5.41) is 3.63. The molecule has 0 amide bonds. The van der Waals surface area contributed by atoms with Crippen molar-refractivity contribution in [3.05, 3.63) is 0 Å². The minimum Gasteiger partial charge on any atom is -0.380 e. The molecule has 1 unspecified atom stereocenters. The van der Waals surface area contributed by atoms with Crippen molar-refractivity contribution in [3.63, 3.8) is 0 Å². The third kappa shape index (κ3) is 4.23. The maximum Gasteiger partial charge on any atom is 0.0622 e. The Balaban J connectivity index is 1.67. The zero-order chi connectivity index (χ0) is 12.3. The number of nitrogens with zero attached hydrogens (tertiary/aromatic N) is 1. The van der Waals surface area contributed by atoms with Crippen LogP contribution in [0, 0.1) is 5.92 Å². The molecule has 100 valence electrons. The van der Waals surface area contributed by atoms with Gasteiger partial charge in [0.2, 0.25) is 0 Å². The maximum absolute atomic E-state index is 5.48. The molecule has 1 N–H and O–H groups in total. The van der Waals surface area contributed by atoms with E-state index in [9.17, 15) is 0 Å². The average molecular weight is 240 g/mol. The minimum absolute atomic E-state index is 0.260. The normalized spacial score (nSPS) is 28.8. The number of likely N-dealkylation sites (tertiary alicyclic amines) is 1. The van der Waals surface area contributed by atoms with E-state index in [-0.39, 0.29) is 5.54 Å². The molecule has 0 spiro atoms. The van der Waals surface area contributed by atoms with Crippen LogP contribution < -0.4 is 5.32 Å². The smallest absolute Gasteiger partial charge is 0.0622 e. The van der Waals surface area contributed by atoms with E-state index in [0.717, 1.165) is 19.1 Å². The van der Waals surface area contributed by atoms with Crippen molar-refractivity contribution < 1.29 is 4.74 Å². The predicted octanol–water partition coefficient (Wildman–Crippen LogP) is 1.88. The van der Waals surface area contributed by atoms with Gasteiger partial charge in [0.05, 0.1) is 6.61 Å². The fourth-order valence-electron chi connectivity index (χ4n) is 2.78. The van der Waals surface area contributed by atoms with Crippen molar-refractivity contribution in [2.24, 2.45) is 5.92 Å². The Bertz CT molecular complexity index is 223. The molecular weight excluding hydrogens is 212 g/mol. The highest BCUT2D eigenvalue weighted by Crippen LogP contribution is 2.22. The first-order chi connectivity index (χ1) is 8.04. The number of hydrogen-bond donors (Lipinski definition) is 1. The zero-order valence-corrected chi connectivity index (χ0v) is 11.7. The monoisotopic (exact) mass is 240 g/mol. The van der Waals surface area contributed by atoms with Crippen molar-refractivity contribution in [2.75, 3.05) is 32.8 Å². The van der Waals surface area contributed by atoms with E-state index in [2.05, 4.69) is 31.0 Å². The van der Waals surface area contributed by atoms with Crippen molar-refractivity contribution >= 4 is 0 Å². The zero-order valence-electron chi connectivity index (χ0n) is 11.7. The molecule has 2 fully saturated rings. The van der Waals surface area contributed by atoms with Gasteiger partial charge in [-0.15, -0.1) is 0 Å². The third-order valence-electron chi connectivity index (χ3n) is 3.99. The van der Waals surface area contributed by atoms with Crippen LogP contribution in [0.3, 0.4) is 0 Å². The fraction of sp³-hybridized carbons (Fsp3) is 1.00. The van der Waals surface area contributed by atoms with Crippen molar-refractivity contribution in [1.82, 2.24) is 10.2 Å². The average Bonchev–Trinajstić information content (AvgIpc) is 2.79.